The van der Waals surface area contributed by atoms with E-state index in [0.717, 1.165) is 49.0 Å². The molecule has 6 heteroatoms. The molecule has 0 radical (unpaired) electrons. The maximum absolute atomic E-state index is 12.0. The van der Waals surface area contributed by atoms with Gasteiger partial charge in [-0.2, -0.15) is 0 Å². The summed E-state index contributed by atoms with van der Waals surface area (Å²) in [5, 5.41) is 9.18. The Morgan fingerprint density at radius 3 is 2.91 bits per heavy atom. The third-order valence-corrected chi connectivity index (χ3v) is 6.88. The highest BCUT2D eigenvalue weighted by Gasteiger charge is 2.33. The molecule has 1 saturated heterocycles. The fraction of sp³-hybridized carbons (Fsp3) is 0.481. The van der Waals surface area contributed by atoms with Crippen LogP contribution in [0.15, 0.2) is 47.0 Å². The second-order valence-electron chi connectivity index (χ2n) is 8.94. The Balaban J connectivity index is 1.35. The summed E-state index contributed by atoms with van der Waals surface area (Å²) >= 11 is 0. The Morgan fingerprint density at radius 1 is 1.24 bits per heavy atom. The van der Waals surface area contributed by atoms with Gasteiger partial charge < -0.3 is 19.3 Å². The van der Waals surface area contributed by atoms with E-state index in [1.807, 2.05) is 31.2 Å². The molecule has 0 spiro atoms. The lowest BCUT2D eigenvalue weighted by atomic mass is 9.74. The van der Waals surface area contributed by atoms with Crippen molar-refractivity contribution in [2.45, 2.75) is 45.4 Å². The van der Waals surface area contributed by atoms with Gasteiger partial charge >= 0.3 is 0 Å². The smallest absolute Gasteiger partial charge is 0.167 e. The molecule has 33 heavy (non-hydrogen) atoms. The maximum Gasteiger partial charge on any atom is 0.167 e. The van der Waals surface area contributed by atoms with Crippen LogP contribution < -0.4 is 14.8 Å². The van der Waals surface area contributed by atoms with Gasteiger partial charge in [-0.05, 0) is 74.5 Å². The van der Waals surface area contributed by atoms with Crippen LogP contribution in [0.25, 0.3) is 11.0 Å². The van der Waals surface area contributed by atoms with Crippen LogP contribution in [0.2, 0.25) is 0 Å². The lowest BCUT2D eigenvalue weighted by Crippen LogP contribution is -2.39. The quantitative estimate of drug-likeness (QED) is 0.319. The van der Waals surface area contributed by atoms with Gasteiger partial charge in [0.05, 0.1) is 19.4 Å². The first kappa shape index (κ1) is 23.3. The van der Waals surface area contributed by atoms with E-state index in [9.17, 15) is 4.79 Å². The summed E-state index contributed by atoms with van der Waals surface area (Å²) in [4.78, 5) is 12.0. The molecule has 3 unspecified atom stereocenters. The second kappa shape index (κ2) is 10.8. The summed E-state index contributed by atoms with van der Waals surface area (Å²) in [5.74, 6) is 2.81. The number of nitrogens with one attached hydrogen (secondary N) is 1. The van der Waals surface area contributed by atoms with Crippen molar-refractivity contribution in [2.24, 2.45) is 11.8 Å². The summed E-state index contributed by atoms with van der Waals surface area (Å²) in [5.41, 5.74) is 2.63. The van der Waals surface area contributed by atoms with Crippen LogP contribution in [0, 0.1) is 11.8 Å². The van der Waals surface area contributed by atoms with Crippen molar-refractivity contribution in [1.29, 1.82) is 0 Å². The number of ketones is 1. The molecular formula is C27H34N2O4. The molecule has 3 aromatic rings. The fourth-order valence-corrected chi connectivity index (χ4v) is 4.96. The molecule has 1 aromatic heterocycles. The number of para-hydroxylation sites is 1. The zero-order valence-corrected chi connectivity index (χ0v) is 19.8. The monoisotopic (exact) mass is 450 g/mol. The summed E-state index contributed by atoms with van der Waals surface area (Å²) in [6.07, 6.45) is 3.56. The number of hydrogen-bond donors (Lipinski definition) is 1. The van der Waals surface area contributed by atoms with E-state index >= 15 is 0 Å². The van der Waals surface area contributed by atoms with Crippen LogP contribution in [0.1, 0.15) is 61.5 Å². The van der Waals surface area contributed by atoms with E-state index in [1.165, 1.54) is 0 Å². The van der Waals surface area contributed by atoms with Gasteiger partial charge in [0.1, 0.15) is 0 Å². The molecule has 1 N–H and O–H groups in total. The fourth-order valence-electron chi connectivity index (χ4n) is 4.96. The van der Waals surface area contributed by atoms with Gasteiger partial charge in [-0.3, -0.25) is 4.79 Å². The first-order chi connectivity index (χ1) is 16.1. The van der Waals surface area contributed by atoms with E-state index in [1.54, 1.807) is 13.2 Å². The van der Waals surface area contributed by atoms with Crippen molar-refractivity contribution < 1.29 is 18.8 Å². The molecule has 176 valence electrons. The van der Waals surface area contributed by atoms with Crippen LogP contribution in [0.4, 0.5) is 0 Å². The van der Waals surface area contributed by atoms with Crippen molar-refractivity contribution in [2.75, 3.05) is 26.8 Å². The number of rotatable bonds is 10. The number of piperidine rings is 1. The zero-order valence-electron chi connectivity index (χ0n) is 19.8. The Hall–Kier alpha value is -2.86. The average molecular weight is 451 g/mol. The molecule has 0 aliphatic carbocycles. The van der Waals surface area contributed by atoms with E-state index in [2.05, 4.69) is 29.5 Å². The van der Waals surface area contributed by atoms with Crippen molar-refractivity contribution >= 4 is 16.8 Å². The van der Waals surface area contributed by atoms with Crippen molar-refractivity contribution in [3.8, 4) is 11.5 Å². The number of nitrogens with zero attached hydrogens (tertiary/aromatic N) is 1. The van der Waals surface area contributed by atoms with Crippen molar-refractivity contribution in [1.82, 2.24) is 10.5 Å². The first-order valence-corrected chi connectivity index (χ1v) is 12.0. The van der Waals surface area contributed by atoms with E-state index in [-0.39, 0.29) is 5.78 Å². The third-order valence-electron chi connectivity index (χ3n) is 6.88. The highest BCUT2D eigenvalue weighted by molar-refractivity contribution is 5.96. The van der Waals surface area contributed by atoms with E-state index in [0.29, 0.717) is 47.8 Å². The molecular weight excluding hydrogens is 416 g/mol. The predicted molar refractivity (Wildman–Crippen MR) is 129 cm³/mol. The Morgan fingerprint density at radius 2 is 2.09 bits per heavy atom. The van der Waals surface area contributed by atoms with Gasteiger partial charge in [0.15, 0.2) is 22.9 Å². The topological polar surface area (TPSA) is 73.6 Å². The molecule has 1 aliphatic heterocycles. The van der Waals surface area contributed by atoms with Crippen LogP contribution in [0.3, 0.4) is 0 Å². The normalized spacial score (nSPS) is 19.4. The molecule has 2 heterocycles. The van der Waals surface area contributed by atoms with Gasteiger partial charge in [0, 0.05) is 23.3 Å². The summed E-state index contributed by atoms with van der Waals surface area (Å²) in [6.45, 7) is 6.80. The summed E-state index contributed by atoms with van der Waals surface area (Å²) < 4.78 is 17.1. The first-order valence-electron chi connectivity index (χ1n) is 12.0. The number of Topliss-reactive ketones (excluding diaryl/α,β-unsaturated/α-hetero) is 1. The molecule has 6 nitrogen and oxygen atoms in total. The maximum atomic E-state index is 12.0. The number of methoxy groups -OCH3 is 1. The van der Waals surface area contributed by atoms with Gasteiger partial charge in [0.2, 0.25) is 0 Å². The highest BCUT2D eigenvalue weighted by Crippen LogP contribution is 2.39. The SMILES string of the molecule is CCC(=O)c1ccc(OCCCC(C)C2CNCCC2c2noc3ccccc23)c(OC)c1. The molecule has 0 bridgehead atoms. The molecule has 0 saturated carbocycles. The average Bonchev–Trinajstić information content (AvgIpc) is 3.30. The second-order valence-corrected chi connectivity index (χ2v) is 8.94. The van der Waals surface area contributed by atoms with Gasteiger partial charge in [0.25, 0.3) is 0 Å². The number of carbonyl (C=O) groups excluding carboxylic acids is 1. The van der Waals surface area contributed by atoms with Crippen LogP contribution in [-0.4, -0.2) is 37.7 Å². The Labute approximate surface area is 195 Å². The van der Waals surface area contributed by atoms with Crippen molar-refractivity contribution in [3.05, 3.63) is 53.7 Å². The molecule has 2 aromatic carbocycles. The molecule has 3 atom stereocenters. The number of hydrogen-bond acceptors (Lipinski definition) is 6. The molecule has 1 fully saturated rings. The van der Waals surface area contributed by atoms with E-state index in [4.69, 9.17) is 14.0 Å². The number of ether oxygens (including phenoxy) is 2. The predicted octanol–water partition coefficient (Wildman–Crippen LogP) is 5.62. The van der Waals surface area contributed by atoms with Crippen LogP contribution in [0.5, 0.6) is 11.5 Å². The molecule has 0 amide bonds. The van der Waals surface area contributed by atoms with E-state index < -0.39 is 0 Å². The Bertz CT molecular complexity index is 1080. The number of fused-ring (bicyclic) bond motifs is 1. The zero-order chi connectivity index (χ0) is 23.2. The highest BCUT2D eigenvalue weighted by atomic mass is 16.5. The minimum Gasteiger partial charge on any atom is -0.493 e. The lowest BCUT2D eigenvalue weighted by Gasteiger charge is -2.35. The molecule has 4 rings (SSSR count). The standard InChI is InChI=1S/C27H34N2O4/c1-4-23(30)19-11-12-25(26(16-19)31-3)32-15-7-8-18(2)22-17-28-14-13-20(22)27-21-9-5-6-10-24(21)33-29-27/h5-6,9-12,16,18,20,22,28H,4,7-8,13-15,17H2,1-3H3. The minimum atomic E-state index is 0.101. The lowest BCUT2D eigenvalue weighted by molar-refractivity contribution is 0.0987. The summed E-state index contributed by atoms with van der Waals surface area (Å²) in [6, 6.07) is 13.6. The molecule has 1 aliphatic rings. The van der Waals surface area contributed by atoms with Crippen LogP contribution >= 0.6 is 0 Å². The number of benzene rings is 2. The summed E-state index contributed by atoms with van der Waals surface area (Å²) in [7, 11) is 1.61. The van der Waals surface area contributed by atoms with Gasteiger partial charge in [-0.15, -0.1) is 0 Å². The number of aromatic nitrogens is 1. The number of carbonyl (C=O) groups is 1. The van der Waals surface area contributed by atoms with Gasteiger partial charge in [-0.1, -0.05) is 31.1 Å². The van der Waals surface area contributed by atoms with Crippen molar-refractivity contribution in [3.63, 3.8) is 0 Å². The van der Waals surface area contributed by atoms with Crippen LogP contribution in [-0.2, 0) is 0 Å². The third kappa shape index (κ3) is 5.22. The minimum absolute atomic E-state index is 0.101. The Kier molecular flexibility index (Phi) is 7.65. The largest absolute Gasteiger partial charge is 0.493 e. The van der Waals surface area contributed by atoms with Gasteiger partial charge in [-0.25, -0.2) is 0 Å².